The fourth-order valence-electron chi connectivity index (χ4n) is 3.78. The van der Waals surface area contributed by atoms with Crippen molar-refractivity contribution >= 4 is 5.91 Å². The second-order valence-electron chi connectivity index (χ2n) is 7.80. The van der Waals surface area contributed by atoms with E-state index in [-0.39, 0.29) is 16.7 Å². The van der Waals surface area contributed by atoms with E-state index in [1.54, 1.807) is 6.33 Å². The Hall–Kier alpha value is -2.10. The van der Waals surface area contributed by atoms with Crippen LogP contribution in [0.3, 0.4) is 0 Å². The molecule has 0 unspecified atom stereocenters. The first-order chi connectivity index (χ1) is 11.3. The SMILES string of the molecule is Cc1ncn(CC(=O)N(C)C[C@@]2(c3ccccc3)CC2(C)C)c1C. The molecule has 3 rings (SSSR count). The van der Waals surface area contributed by atoms with E-state index in [1.165, 1.54) is 5.56 Å². The van der Waals surface area contributed by atoms with Crippen molar-refractivity contribution in [1.82, 2.24) is 14.5 Å². The molecule has 0 radical (unpaired) electrons. The van der Waals surface area contributed by atoms with E-state index < -0.39 is 0 Å². The van der Waals surface area contributed by atoms with Crippen LogP contribution in [0.5, 0.6) is 0 Å². The molecule has 0 spiro atoms. The summed E-state index contributed by atoms with van der Waals surface area (Å²) in [6.07, 6.45) is 2.87. The Morgan fingerprint density at radius 1 is 1.25 bits per heavy atom. The van der Waals surface area contributed by atoms with Crippen molar-refractivity contribution in [2.24, 2.45) is 5.41 Å². The number of imidazole rings is 1. The van der Waals surface area contributed by atoms with Gasteiger partial charge in [0.1, 0.15) is 6.54 Å². The monoisotopic (exact) mass is 325 g/mol. The van der Waals surface area contributed by atoms with Gasteiger partial charge in [-0.2, -0.15) is 0 Å². The zero-order valence-corrected chi connectivity index (χ0v) is 15.3. The topological polar surface area (TPSA) is 38.1 Å². The molecule has 0 bridgehead atoms. The van der Waals surface area contributed by atoms with Crippen LogP contribution in [0.15, 0.2) is 36.7 Å². The quantitative estimate of drug-likeness (QED) is 0.846. The number of hydrogen-bond donors (Lipinski definition) is 0. The van der Waals surface area contributed by atoms with Gasteiger partial charge in [-0.3, -0.25) is 4.79 Å². The predicted octanol–water partition coefficient (Wildman–Crippen LogP) is 3.33. The Morgan fingerprint density at radius 2 is 1.88 bits per heavy atom. The van der Waals surface area contributed by atoms with Gasteiger partial charge in [0.2, 0.25) is 5.91 Å². The summed E-state index contributed by atoms with van der Waals surface area (Å²) in [6, 6.07) is 10.6. The molecule has 4 nitrogen and oxygen atoms in total. The standard InChI is InChI=1S/C20H27N3O/c1-15-16(2)23(14-21-15)11-18(24)22(5)13-20(12-19(20,3)4)17-9-7-6-8-10-17/h6-10,14H,11-13H2,1-5H3/t20-/m1/s1. The summed E-state index contributed by atoms with van der Waals surface area (Å²) in [6.45, 7) is 9.68. The molecule has 1 fully saturated rings. The van der Waals surface area contributed by atoms with Gasteiger partial charge in [0.15, 0.2) is 0 Å². The molecule has 1 aliphatic rings. The number of likely N-dealkylation sites (N-methyl/N-ethyl adjacent to an activating group) is 1. The van der Waals surface area contributed by atoms with E-state index in [0.29, 0.717) is 6.54 Å². The number of carbonyl (C=O) groups is 1. The molecule has 1 aromatic heterocycles. The molecule has 1 heterocycles. The summed E-state index contributed by atoms with van der Waals surface area (Å²) >= 11 is 0. The maximum Gasteiger partial charge on any atom is 0.242 e. The molecular formula is C20H27N3O. The highest BCUT2D eigenvalue weighted by Gasteiger charge is 2.62. The first kappa shape index (κ1) is 16.7. The number of aryl methyl sites for hydroxylation is 1. The molecule has 1 aromatic carbocycles. The van der Waals surface area contributed by atoms with E-state index in [2.05, 4.69) is 43.1 Å². The van der Waals surface area contributed by atoms with Crippen molar-refractivity contribution in [2.75, 3.05) is 13.6 Å². The summed E-state index contributed by atoms with van der Waals surface area (Å²) in [7, 11) is 1.92. The van der Waals surface area contributed by atoms with E-state index in [1.807, 2.05) is 36.4 Å². The summed E-state index contributed by atoms with van der Waals surface area (Å²) in [5, 5.41) is 0. The van der Waals surface area contributed by atoms with Crippen LogP contribution in [0.25, 0.3) is 0 Å². The number of nitrogens with zero attached hydrogens (tertiary/aromatic N) is 3. The second kappa shape index (κ2) is 5.76. The number of carbonyl (C=O) groups excluding carboxylic acids is 1. The van der Waals surface area contributed by atoms with Crippen LogP contribution in [-0.4, -0.2) is 34.0 Å². The first-order valence-electron chi connectivity index (χ1n) is 8.55. The minimum atomic E-state index is 0.0680. The summed E-state index contributed by atoms with van der Waals surface area (Å²) in [5.41, 5.74) is 3.67. The zero-order valence-electron chi connectivity index (χ0n) is 15.3. The van der Waals surface area contributed by atoms with E-state index in [0.717, 1.165) is 24.4 Å². The van der Waals surface area contributed by atoms with Crippen molar-refractivity contribution in [3.8, 4) is 0 Å². The highest BCUT2D eigenvalue weighted by Crippen LogP contribution is 2.64. The van der Waals surface area contributed by atoms with E-state index in [9.17, 15) is 4.79 Å². The lowest BCUT2D eigenvalue weighted by Crippen LogP contribution is -2.38. The fourth-order valence-corrected chi connectivity index (χ4v) is 3.78. The number of amides is 1. The maximum absolute atomic E-state index is 12.7. The van der Waals surface area contributed by atoms with Crippen LogP contribution in [-0.2, 0) is 16.8 Å². The highest BCUT2D eigenvalue weighted by atomic mass is 16.2. The van der Waals surface area contributed by atoms with Gasteiger partial charge < -0.3 is 9.47 Å². The molecule has 1 amide bonds. The molecule has 1 aliphatic carbocycles. The van der Waals surface area contributed by atoms with Gasteiger partial charge in [-0.25, -0.2) is 4.98 Å². The fraction of sp³-hybridized carbons (Fsp3) is 0.500. The van der Waals surface area contributed by atoms with Crippen molar-refractivity contribution in [1.29, 1.82) is 0 Å². The predicted molar refractivity (Wildman–Crippen MR) is 95.9 cm³/mol. The van der Waals surface area contributed by atoms with E-state index in [4.69, 9.17) is 0 Å². The highest BCUT2D eigenvalue weighted by molar-refractivity contribution is 5.76. The molecule has 0 N–H and O–H groups in total. The van der Waals surface area contributed by atoms with Crippen molar-refractivity contribution in [2.45, 2.75) is 46.1 Å². The maximum atomic E-state index is 12.7. The molecule has 2 aromatic rings. The van der Waals surface area contributed by atoms with Crippen LogP contribution < -0.4 is 0 Å². The Bertz CT molecular complexity index is 747. The Balaban J connectivity index is 1.74. The lowest BCUT2D eigenvalue weighted by Gasteiger charge is -2.28. The third-order valence-corrected chi connectivity index (χ3v) is 5.82. The zero-order chi connectivity index (χ0) is 17.5. The average Bonchev–Trinajstić information content (AvgIpc) is 2.98. The number of hydrogen-bond acceptors (Lipinski definition) is 2. The molecule has 0 aliphatic heterocycles. The molecule has 1 atom stereocenters. The molecule has 4 heteroatoms. The minimum Gasteiger partial charge on any atom is -0.343 e. The van der Waals surface area contributed by atoms with Crippen LogP contribution in [0.4, 0.5) is 0 Å². The van der Waals surface area contributed by atoms with Crippen LogP contribution in [0.1, 0.15) is 37.2 Å². The van der Waals surface area contributed by atoms with Crippen molar-refractivity contribution in [3.05, 3.63) is 53.6 Å². The average molecular weight is 325 g/mol. The van der Waals surface area contributed by atoms with Gasteiger partial charge in [-0.15, -0.1) is 0 Å². The summed E-state index contributed by atoms with van der Waals surface area (Å²) in [5.74, 6) is 0.133. The smallest absolute Gasteiger partial charge is 0.242 e. The second-order valence-corrected chi connectivity index (χ2v) is 7.80. The van der Waals surface area contributed by atoms with Crippen LogP contribution >= 0.6 is 0 Å². The molecule has 24 heavy (non-hydrogen) atoms. The molecular weight excluding hydrogens is 298 g/mol. The largest absolute Gasteiger partial charge is 0.343 e. The van der Waals surface area contributed by atoms with Gasteiger partial charge in [-0.1, -0.05) is 44.2 Å². The van der Waals surface area contributed by atoms with Gasteiger partial charge in [-0.05, 0) is 31.2 Å². The summed E-state index contributed by atoms with van der Waals surface area (Å²) in [4.78, 5) is 18.9. The minimum absolute atomic E-state index is 0.0680. The Labute approximate surface area is 144 Å². The van der Waals surface area contributed by atoms with Gasteiger partial charge in [0.05, 0.1) is 12.0 Å². The number of rotatable bonds is 5. The van der Waals surface area contributed by atoms with Crippen LogP contribution in [0, 0.1) is 19.3 Å². The third-order valence-electron chi connectivity index (χ3n) is 5.82. The van der Waals surface area contributed by atoms with E-state index >= 15 is 0 Å². The molecule has 0 saturated heterocycles. The Morgan fingerprint density at radius 3 is 2.38 bits per heavy atom. The Kier molecular flexibility index (Phi) is 4.02. The van der Waals surface area contributed by atoms with Crippen LogP contribution in [0.2, 0.25) is 0 Å². The molecule has 128 valence electrons. The lowest BCUT2D eigenvalue weighted by atomic mass is 9.87. The van der Waals surface area contributed by atoms with Crippen molar-refractivity contribution in [3.63, 3.8) is 0 Å². The van der Waals surface area contributed by atoms with Gasteiger partial charge >= 0.3 is 0 Å². The number of aromatic nitrogens is 2. The third kappa shape index (κ3) is 2.74. The lowest BCUT2D eigenvalue weighted by molar-refractivity contribution is -0.131. The first-order valence-corrected chi connectivity index (χ1v) is 8.55. The summed E-state index contributed by atoms with van der Waals surface area (Å²) < 4.78 is 1.93. The number of benzene rings is 1. The van der Waals surface area contributed by atoms with Gasteiger partial charge in [0, 0.05) is 24.7 Å². The molecule has 1 saturated carbocycles. The normalized spacial score (nSPS) is 21.5. The van der Waals surface area contributed by atoms with Gasteiger partial charge in [0.25, 0.3) is 0 Å². The van der Waals surface area contributed by atoms with Crippen molar-refractivity contribution < 1.29 is 4.79 Å².